The number of anilines is 1. The maximum Gasteiger partial charge on any atom is 0.275 e. The van der Waals surface area contributed by atoms with E-state index in [9.17, 15) is 4.79 Å². The zero-order valence-corrected chi connectivity index (χ0v) is 18.2. The molecule has 0 saturated heterocycles. The van der Waals surface area contributed by atoms with Crippen molar-refractivity contribution in [2.75, 3.05) is 18.6 Å². The molecule has 0 saturated carbocycles. The summed E-state index contributed by atoms with van der Waals surface area (Å²) in [6, 6.07) is 11.9. The van der Waals surface area contributed by atoms with E-state index in [1.165, 1.54) is 11.3 Å². The standard InChI is InChI=1S/C24H31N3O2/c1-7-27-21-11-9-18(13-20(21)17(3)14-24(27,4)5)15-25-26-23(28)19-10-8-16(2)12-22(19)29-6/h8-13,15,17H,7,14H2,1-6H3,(H,26,28)/b25-15-/t17-/m1/s1. The van der Waals surface area contributed by atoms with E-state index >= 15 is 0 Å². The number of benzene rings is 2. The van der Waals surface area contributed by atoms with E-state index in [-0.39, 0.29) is 11.4 Å². The summed E-state index contributed by atoms with van der Waals surface area (Å²) >= 11 is 0. The lowest BCUT2D eigenvalue weighted by Gasteiger charge is -2.47. The van der Waals surface area contributed by atoms with E-state index < -0.39 is 0 Å². The number of carbonyl (C=O) groups is 1. The Bertz CT molecular complexity index is 934. The fourth-order valence-corrected chi connectivity index (χ4v) is 4.40. The maximum absolute atomic E-state index is 12.5. The van der Waals surface area contributed by atoms with Gasteiger partial charge in [-0.05, 0) is 81.0 Å². The normalized spacial score (nSPS) is 17.9. The van der Waals surface area contributed by atoms with Crippen LogP contribution in [0.25, 0.3) is 0 Å². The van der Waals surface area contributed by atoms with Crippen LogP contribution in [0.2, 0.25) is 0 Å². The number of hydrogen-bond donors (Lipinski definition) is 1. The molecule has 0 radical (unpaired) electrons. The van der Waals surface area contributed by atoms with Crippen molar-refractivity contribution in [2.24, 2.45) is 5.10 Å². The Morgan fingerprint density at radius 1 is 1.31 bits per heavy atom. The minimum Gasteiger partial charge on any atom is -0.496 e. The van der Waals surface area contributed by atoms with Crippen molar-refractivity contribution in [1.29, 1.82) is 0 Å². The minimum absolute atomic E-state index is 0.151. The Labute approximate surface area is 173 Å². The number of methoxy groups -OCH3 is 1. The fourth-order valence-electron chi connectivity index (χ4n) is 4.40. The molecule has 2 aromatic carbocycles. The molecule has 2 aromatic rings. The van der Waals surface area contributed by atoms with Gasteiger partial charge in [0.1, 0.15) is 5.75 Å². The first-order valence-electron chi connectivity index (χ1n) is 10.2. The fraction of sp³-hybridized carbons (Fsp3) is 0.417. The van der Waals surface area contributed by atoms with Crippen LogP contribution in [0.4, 0.5) is 5.69 Å². The molecule has 0 aliphatic carbocycles. The summed E-state index contributed by atoms with van der Waals surface area (Å²) in [5.41, 5.74) is 7.86. The number of nitrogens with one attached hydrogen (secondary N) is 1. The van der Waals surface area contributed by atoms with Crippen LogP contribution in [-0.2, 0) is 0 Å². The van der Waals surface area contributed by atoms with Crippen LogP contribution in [0.3, 0.4) is 0 Å². The SMILES string of the molecule is CCN1c2ccc(/C=N\NC(=O)c3ccc(C)cc3OC)cc2[C@H](C)CC1(C)C. The van der Waals surface area contributed by atoms with Gasteiger partial charge in [0.25, 0.3) is 5.91 Å². The quantitative estimate of drug-likeness (QED) is 0.582. The number of hydrazone groups is 1. The number of amides is 1. The molecule has 154 valence electrons. The lowest BCUT2D eigenvalue weighted by molar-refractivity contribution is 0.0952. The first-order valence-corrected chi connectivity index (χ1v) is 10.2. The summed E-state index contributed by atoms with van der Waals surface area (Å²) in [6.45, 7) is 12.0. The summed E-state index contributed by atoms with van der Waals surface area (Å²) in [5.74, 6) is 0.730. The molecular weight excluding hydrogens is 362 g/mol. The average molecular weight is 394 g/mol. The molecule has 3 rings (SSSR count). The van der Waals surface area contributed by atoms with Crippen molar-refractivity contribution in [2.45, 2.75) is 52.5 Å². The highest BCUT2D eigenvalue weighted by Crippen LogP contribution is 2.43. The lowest BCUT2D eigenvalue weighted by atomic mass is 9.79. The number of fused-ring (bicyclic) bond motifs is 1. The molecule has 1 atom stereocenters. The van der Waals surface area contributed by atoms with Crippen LogP contribution in [0, 0.1) is 6.92 Å². The maximum atomic E-state index is 12.5. The second kappa shape index (κ2) is 8.27. The van der Waals surface area contributed by atoms with E-state index in [0.29, 0.717) is 17.2 Å². The number of ether oxygens (including phenoxy) is 1. The summed E-state index contributed by atoms with van der Waals surface area (Å²) in [6.07, 6.45) is 2.81. The van der Waals surface area contributed by atoms with Crippen molar-refractivity contribution >= 4 is 17.8 Å². The highest BCUT2D eigenvalue weighted by molar-refractivity contribution is 5.97. The third kappa shape index (κ3) is 4.29. The molecule has 1 aliphatic rings. The van der Waals surface area contributed by atoms with Crippen LogP contribution in [-0.4, -0.2) is 31.3 Å². The van der Waals surface area contributed by atoms with Gasteiger partial charge in [0.05, 0.1) is 18.9 Å². The highest BCUT2D eigenvalue weighted by Gasteiger charge is 2.35. The molecular formula is C24H31N3O2. The van der Waals surface area contributed by atoms with Gasteiger partial charge < -0.3 is 9.64 Å². The summed E-state index contributed by atoms with van der Waals surface area (Å²) < 4.78 is 5.31. The van der Waals surface area contributed by atoms with Crippen LogP contribution in [0.15, 0.2) is 41.5 Å². The van der Waals surface area contributed by atoms with Gasteiger partial charge in [0.2, 0.25) is 0 Å². The second-order valence-electron chi connectivity index (χ2n) is 8.38. The Balaban J connectivity index is 1.77. The highest BCUT2D eigenvalue weighted by atomic mass is 16.5. The van der Waals surface area contributed by atoms with Gasteiger partial charge >= 0.3 is 0 Å². The van der Waals surface area contributed by atoms with E-state index in [4.69, 9.17) is 4.74 Å². The molecule has 1 aliphatic heterocycles. The minimum atomic E-state index is -0.289. The molecule has 5 nitrogen and oxygen atoms in total. The van der Waals surface area contributed by atoms with Crippen molar-refractivity contribution in [3.05, 3.63) is 58.7 Å². The number of rotatable bonds is 5. The third-order valence-electron chi connectivity index (χ3n) is 5.71. The molecule has 5 heteroatoms. The van der Waals surface area contributed by atoms with Gasteiger partial charge in [-0.3, -0.25) is 4.79 Å². The molecule has 0 spiro atoms. The third-order valence-corrected chi connectivity index (χ3v) is 5.71. The zero-order valence-electron chi connectivity index (χ0n) is 18.2. The van der Waals surface area contributed by atoms with Crippen LogP contribution in [0.5, 0.6) is 5.75 Å². The molecule has 1 heterocycles. The molecule has 1 N–H and O–H groups in total. The summed E-state index contributed by atoms with van der Waals surface area (Å²) in [7, 11) is 1.56. The molecule has 0 bridgehead atoms. The van der Waals surface area contributed by atoms with Gasteiger partial charge in [-0.25, -0.2) is 5.43 Å². The molecule has 1 amide bonds. The second-order valence-corrected chi connectivity index (χ2v) is 8.38. The number of aryl methyl sites for hydroxylation is 1. The van der Waals surface area contributed by atoms with E-state index in [1.807, 2.05) is 19.1 Å². The number of nitrogens with zero attached hydrogens (tertiary/aromatic N) is 2. The number of hydrogen-bond acceptors (Lipinski definition) is 4. The molecule has 0 unspecified atom stereocenters. The Morgan fingerprint density at radius 2 is 2.07 bits per heavy atom. The van der Waals surface area contributed by atoms with Crippen molar-refractivity contribution in [3.8, 4) is 5.75 Å². The summed E-state index contributed by atoms with van der Waals surface area (Å²) in [4.78, 5) is 14.9. The van der Waals surface area contributed by atoms with E-state index in [2.05, 4.69) is 61.3 Å². The van der Waals surface area contributed by atoms with Gasteiger partial charge in [-0.1, -0.05) is 19.1 Å². The van der Waals surface area contributed by atoms with Gasteiger partial charge in [-0.2, -0.15) is 5.10 Å². The predicted octanol–water partition coefficient (Wildman–Crippen LogP) is 4.88. The monoisotopic (exact) mass is 393 g/mol. The van der Waals surface area contributed by atoms with Crippen molar-refractivity contribution in [1.82, 2.24) is 5.43 Å². The van der Waals surface area contributed by atoms with Crippen molar-refractivity contribution < 1.29 is 9.53 Å². The molecule has 0 aromatic heterocycles. The Kier molecular flexibility index (Phi) is 5.96. The molecule has 0 fully saturated rings. The smallest absolute Gasteiger partial charge is 0.275 e. The topological polar surface area (TPSA) is 53.9 Å². The van der Waals surface area contributed by atoms with E-state index in [1.54, 1.807) is 19.4 Å². The van der Waals surface area contributed by atoms with E-state index in [0.717, 1.165) is 24.1 Å². The Morgan fingerprint density at radius 3 is 2.76 bits per heavy atom. The Hall–Kier alpha value is -2.82. The van der Waals surface area contributed by atoms with Gasteiger partial charge in [0, 0.05) is 17.8 Å². The predicted molar refractivity (Wildman–Crippen MR) is 119 cm³/mol. The lowest BCUT2D eigenvalue weighted by Crippen LogP contribution is -2.48. The van der Waals surface area contributed by atoms with Gasteiger partial charge in [0.15, 0.2) is 0 Å². The summed E-state index contributed by atoms with van der Waals surface area (Å²) in [5, 5.41) is 4.16. The first kappa shape index (κ1) is 20.9. The van der Waals surface area contributed by atoms with Crippen LogP contribution < -0.4 is 15.1 Å². The first-order chi connectivity index (χ1) is 13.8. The zero-order chi connectivity index (χ0) is 21.2. The van der Waals surface area contributed by atoms with Crippen molar-refractivity contribution in [3.63, 3.8) is 0 Å². The average Bonchev–Trinajstić information content (AvgIpc) is 2.67. The number of carbonyl (C=O) groups excluding carboxylic acids is 1. The van der Waals surface area contributed by atoms with Crippen LogP contribution in [0.1, 0.15) is 67.1 Å². The van der Waals surface area contributed by atoms with Crippen LogP contribution >= 0.6 is 0 Å². The largest absolute Gasteiger partial charge is 0.496 e. The molecule has 29 heavy (non-hydrogen) atoms. The van der Waals surface area contributed by atoms with Gasteiger partial charge in [-0.15, -0.1) is 0 Å².